The molecule has 4 rings (SSSR count). The Kier molecular flexibility index (Phi) is 17.8. The Labute approximate surface area is 360 Å². The van der Waals surface area contributed by atoms with Crippen molar-refractivity contribution in [3.63, 3.8) is 0 Å². The van der Waals surface area contributed by atoms with E-state index >= 15 is 0 Å². The number of carboxylic acids is 1. The largest absolute Gasteiger partial charge is 0.481 e. The van der Waals surface area contributed by atoms with Gasteiger partial charge in [-0.05, 0) is 6.07 Å². The van der Waals surface area contributed by atoms with E-state index in [0.29, 0.717) is 0 Å². The maximum Gasteiger partial charge on any atom is 0.481 e. The molecule has 1 aliphatic rings. The van der Waals surface area contributed by atoms with Gasteiger partial charge in [0.1, 0.15) is 36.3 Å². The molecule has 2 unspecified atom stereocenters. The quantitative estimate of drug-likeness (QED) is 0.0321. The number of phosphoric acid groups is 3. The number of amides is 2. The van der Waals surface area contributed by atoms with E-state index in [9.17, 15) is 67.5 Å². The van der Waals surface area contributed by atoms with Gasteiger partial charge in [0.25, 0.3) is 0 Å². The van der Waals surface area contributed by atoms with E-state index in [2.05, 4.69) is 34.4 Å². The molecule has 1 aromatic carbocycles. The number of aliphatic hydroxyl groups is 2. The van der Waals surface area contributed by atoms with Crippen molar-refractivity contribution in [2.75, 3.05) is 37.8 Å². The van der Waals surface area contributed by atoms with Crippen molar-refractivity contribution < 1.29 is 95.2 Å². The lowest BCUT2D eigenvalue weighted by Crippen LogP contribution is -2.46. The maximum atomic E-state index is 12.7. The van der Waals surface area contributed by atoms with Crippen LogP contribution in [0.15, 0.2) is 36.9 Å². The normalized spacial score (nSPS) is 20.4. The molecule has 3 aromatic rings. The summed E-state index contributed by atoms with van der Waals surface area (Å²) in [5.41, 5.74) is 4.34. The molecule has 1 aliphatic heterocycles. The van der Waals surface area contributed by atoms with Crippen LogP contribution in [0.1, 0.15) is 60.1 Å². The Bertz CT molecular complexity index is 2310. The number of aliphatic carboxylic acids is 1. The van der Waals surface area contributed by atoms with Gasteiger partial charge in [-0.3, -0.25) is 42.1 Å². The van der Waals surface area contributed by atoms with Gasteiger partial charge in [-0.25, -0.2) is 28.6 Å². The number of carboxylic acid groups (broad SMARTS) is 1. The van der Waals surface area contributed by atoms with E-state index in [0.717, 1.165) is 29.0 Å². The van der Waals surface area contributed by atoms with Crippen molar-refractivity contribution >= 4 is 80.9 Å². The summed E-state index contributed by atoms with van der Waals surface area (Å²) in [6, 6.07) is 5.92. The number of aromatic nitrogens is 4. The second kappa shape index (κ2) is 21.7. The molecule has 0 spiro atoms. The highest BCUT2D eigenvalue weighted by molar-refractivity contribution is 8.14. The zero-order chi connectivity index (χ0) is 46.9. The van der Waals surface area contributed by atoms with Crippen molar-refractivity contribution in [1.29, 1.82) is 0 Å². The molecule has 1 fully saturated rings. The van der Waals surface area contributed by atoms with E-state index in [1.54, 1.807) is 6.07 Å². The number of ether oxygens (including phenoxy) is 1. The minimum atomic E-state index is -5.61. The molecule has 0 bridgehead atoms. The first-order valence-electron chi connectivity index (χ1n) is 18.2. The molecule has 0 aliphatic carbocycles. The Balaban J connectivity index is 1.21. The third-order valence-electron chi connectivity index (χ3n) is 8.75. The number of benzene rings is 1. The summed E-state index contributed by atoms with van der Waals surface area (Å²) < 4.78 is 62.2. The van der Waals surface area contributed by atoms with E-state index in [4.69, 9.17) is 24.6 Å². The number of fused-ring (bicyclic) bond motifs is 1. The first-order chi connectivity index (χ1) is 29.3. The first kappa shape index (κ1) is 51.6. The molecule has 27 nitrogen and oxygen atoms in total. The van der Waals surface area contributed by atoms with Crippen LogP contribution in [-0.4, -0.2) is 140 Å². The second-order valence-corrected chi connectivity index (χ2v) is 19.4. The Morgan fingerprint density at radius 2 is 1.62 bits per heavy atom. The maximum absolute atomic E-state index is 12.7. The summed E-state index contributed by atoms with van der Waals surface area (Å²) in [7, 11) is -16.5. The van der Waals surface area contributed by atoms with Crippen molar-refractivity contribution in [3.8, 4) is 0 Å². The molecule has 2 aromatic heterocycles. The van der Waals surface area contributed by atoms with Crippen molar-refractivity contribution in [2.45, 2.75) is 63.8 Å². The minimum Gasteiger partial charge on any atom is -0.481 e. The Morgan fingerprint density at radius 1 is 0.952 bits per heavy atom. The van der Waals surface area contributed by atoms with Crippen LogP contribution >= 0.6 is 35.2 Å². The predicted octanol–water partition coefficient (Wildman–Crippen LogP) is 0.0260. The van der Waals surface area contributed by atoms with Gasteiger partial charge in [0.15, 0.2) is 23.5 Å². The number of phosphoric ester groups is 3. The summed E-state index contributed by atoms with van der Waals surface area (Å²) in [6.45, 7) is 0.0681. The lowest BCUT2D eigenvalue weighted by Gasteiger charge is -2.30. The summed E-state index contributed by atoms with van der Waals surface area (Å²) in [4.78, 5) is 112. The number of Topliss-reactive ketones (excluding diaryl/α,β-unsaturated/α-hetero) is 1. The number of ketones is 1. The highest BCUT2D eigenvalue weighted by Crippen LogP contribution is 2.61. The fourth-order valence-electron chi connectivity index (χ4n) is 5.61. The fourth-order valence-corrected chi connectivity index (χ4v) is 9.16. The molecule has 11 N–H and O–H groups in total. The number of rotatable bonds is 24. The van der Waals surface area contributed by atoms with Crippen LogP contribution in [0.5, 0.6) is 0 Å². The molecule has 2 amide bonds. The number of nitrogens with one attached hydrogen (secondary N) is 2. The van der Waals surface area contributed by atoms with Crippen LogP contribution in [0.4, 0.5) is 5.82 Å². The van der Waals surface area contributed by atoms with E-state index in [-0.39, 0.29) is 59.8 Å². The van der Waals surface area contributed by atoms with Crippen LogP contribution < -0.4 is 16.4 Å². The highest BCUT2D eigenvalue weighted by Gasteiger charge is 2.50. The molecular formula is C32H44N7O20P3S. The monoisotopic (exact) mass is 971 g/mol. The molecule has 0 radical (unpaired) electrons. The molecule has 31 heteroatoms. The van der Waals surface area contributed by atoms with Gasteiger partial charge in [-0.1, -0.05) is 43.8 Å². The van der Waals surface area contributed by atoms with Crippen LogP contribution in [0, 0.1) is 5.41 Å². The molecule has 348 valence electrons. The van der Waals surface area contributed by atoms with Crippen LogP contribution in [0.25, 0.3) is 11.2 Å². The molecule has 1 saturated heterocycles. The third-order valence-corrected chi connectivity index (χ3v) is 12.7. The van der Waals surface area contributed by atoms with Crippen molar-refractivity contribution in [3.05, 3.63) is 48.0 Å². The number of hydrogen-bond donors (Lipinski definition) is 10. The number of aliphatic hydroxyl groups excluding tert-OH is 2. The molecule has 0 saturated carbocycles. The van der Waals surface area contributed by atoms with E-state index in [1.807, 2.05) is 0 Å². The first-order valence-corrected chi connectivity index (χ1v) is 23.7. The molecule has 7 atom stereocenters. The zero-order valence-electron chi connectivity index (χ0n) is 33.1. The zero-order valence-corrected chi connectivity index (χ0v) is 36.6. The number of thioether (sulfide) groups is 1. The van der Waals surface area contributed by atoms with Crippen molar-refractivity contribution in [2.24, 2.45) is 5.41 Å². The highest BCUT2D eigenvalue weighted by atomic mass is 32.2. The number of nitrogen functional groups attached to an aromatic ring is 1. The summed E-state index contributed by atoms with van der Waals surface area (Å²) in [5, 5.41) is 34.7. The van der Waals surface area contributed by atoms with E-state index in [1.165, 1.54) is 32.0 Å². The van der Waals surface area contributed by atoms with Crippen LogP contribution in [0.3, 0.4) is 0 Å². The van der Waals surface area contributed by atoms with Crippen molar-refractivity contribution in [1.82, 2.24) is 30.2 Å². The number of nitrogens with two attached hydrogens (primary N) is 1. The third kappa shape index (κ3) is 15.0. The topological polar surface area (TPSA) is 418 Å². The average molecular weight is 972 g/mol. The standard InChI is InChI=1S/C32H44N7O20P3S/c1-32(2,26(45)29(46)35-10-9-21(41)34-11-12-63-31(47)18-6-4-3-5-17(18)19(40)7-8-22(42)43)14-56-62(53,54)59-61(51,52)55-13-20-25(58-60(48,49)50)24(44)30(57-20)39-16-38-23-27(33)36-15-37-28(23)39/h3-6,15-16,20,24-26,30,44-45H,7-14H2,1-2H3,(H,34,41)(H,35,46)(H,42,43)(H,51,52)(H,53,54)(H2,33,36,37)(H2,48,49,50)/t20-,24-,25-,26+,30-/m1/s1. The van der Waals surface area contributed by atoms with Gasteiger partial charge in [-0.15, -0.1) is 0 Å². The fraction of sp³-hybridized carbons (Fsp3) is 0.500. The van der Waals surface area contributed by atoms with Gasteiger partial charge < -0.3 is 56.0 Å². The number of anilines is 1. The average Bonchev–Trinajstić information content (AvgIpc) is 3.76. The lowest BCUT2D eigenvalue weighted by atomic mass is 9.87. The van der Waals surface area contributed by atoms with Crippen LogP contribution in [-0.2, 0) is 50.7 Å². The van der Waals surface area contributed by atoms with Gasteiger partial charge in [-0.2, -0.15) is 4.31 Å². The Morgan fingerprint density at radius 3 is 2.29 bits per heavy atom. The number of carbonyl (C=O) groups excluding carboxylic acids is 4. The predicted molar refractivity (Wildman–Crippen MR) is 214 cm³/mol. The lowest BCUT2D eigenvalue weighted by molar-refractivity contribution is -0.137. The van der Waals surface area contributed by atoms with Gasteiger partial charge in [0.2, 0.25) is 16.9 Å². The number of nitrogens with zero attached hydrogens (tertiary/aromatic N) is 4. The van der Waals surface area contributed by atoms with Gasteiger partial charge >= 0.3 is 29.4 Å². The molecular weight excluding hydrogens is 927 g/mol. The summed E-state index contributed by atoms with van der Waals surface area (Å²) in [5.74, 6) is -3.21. The summed E-state index contributed by atoms with van der Waals surface area (Å²) in [6.07, 6.45) is -7.89. The van der Waals surface area contributed by atoms with Gasteiger partial charge in [0, 0.05) is 48.2 Å². The van der Waals surface area contributed by atoms with Crippen LogP contribution in [0.2, 0.25) is 0 Å². The SMILES string of the molecule is CC(C)(COP(=O)(O)OP(=O)(O)OC[C@H]1O[C@@H](n2cnc3c(N)ncnc32)[C@H](O)[C@@H]1OP(=O)(O)O)[C@@H](O)C(=O)NCCC(=O)NCCSC(=O)c1ccccc1C(=O)CCC(=O)O. The minimum absolute atomic E-state index is 0.0132. The second-order valence-electron chi connectivity index (χ2n) is 14.1. The molecule has 63 heavy (non-hydrogen) atoms. The number of hydrogen-bond acceptors (Lipinski definition) is 20. The Hall–Kier alpha value is -4.08. The number of carbonyl (C=O) groups is 5. The smallest absolute Gasteiger partial charge is 0.481 e. The van der Waals surface area contributed by atoms with E-state index < -0.39 is 108 Å². The summed E-state index contributed by atoms with van der Waals surface area (Å²) >= 11 is 0.811. The molecule has 3 heterocycles. The number of imidazole rings is 1. The van der Waals surface area contributed by atoms with Gasteiger partial charge in [0.05, 0.1) is 26.0 Å².